The number of ether oxygens (including phenoxy) is 1. The number of hydrogen-bond acceptors (Lipinski definition) is 5. The van der Waals surface area contributed by atoms with Gasteiger partial charge in [0.05, 0.1) is 11.5 Å². The van der Waals surface area contributed by atoms with Gasteiger partial charge in [-0.15, -0.1) is 10.2 Å². The fourth-order valence-electron chi connectivity index (χ4n) is 1.31. The SMILES string of the molecule is Cn1nnc(COc2ccc(CN)cc2Br)n1. The van der Waals surface area contributed by atoms with E-state index in [1.165, 1.54) is 4.80 Å². The molecule has 1 aromatic carbocycles. The van der Waals surface area contributed by atoms with E-state index in [4.69, 9.17) is 10.5 Å². The molecule has 0 unspecified atom stereocenters. The molecule has 0 saturated heterocycles. The second-order valence-corrected chi connectivity index (χ2v) is 4.31. The van der Waals surface area contributed by atoms with Crippen molar-refractivity contribution < 1.29 is 4.74 Å². The largest absolute Gasteiger partial charge is 0.484 e. The minimum atomic E-state index is 0.286. The lowest BCUT2D eigenvalue weighted by Gasteiger charge is -2.07. The van der Waals surface area contributed by atoms with E-state index >= 15 is 0 Å². The van der Waals surface area contributed by atoms with Gasteiger partial charge in [0, 0.05) is 6.54 Å². The van der Waals surface area contributed by atoms with Crippen LogP contribution in [0, 0.1) is 0 Å². The van der Waals surface area contributed by atoms with Crippen LogP contribution in [-0.2, 0) is 20.2 Å². The van der Waals surface area contributed by atoms with Crippen molar-refractivity contribution in [3.05, 3.63) is 34.1 Å². The average Bonchev–Trinajstić information content (AvgIpc) is 2.73. The smallest absolute Gasteiger partial charge is 0.212 e. The van der Waals surface area contributed by atoms with E-state index in [1.807, 2.05) is 18.2 Å². The third-order valence-corrected chi connectivity index (χ3v) is 2.76. The van der Waals surface area contributed by atoms with Crippen molar-refractivity contribution in [1.29, 1.82) is 0 Å². The van der Waals surface area contributed by atoms with Gasteiger partial charge in [0.25, 0.3) is 0 Å². The van der Waals surface area contributed by atoms with Crippen LogP contribution in [0.25, 0.3) is 0 Å². The molecule has 6 nitrogen and oxygen atoms in total. The number of aryl methyl sites for hydroxylation is 1. The molecule has 0 saturated carbocycles. The number of halogens is 1. The average molecular weight is 298 g/mol. The number of nitrogens with zero attached hydrogens (tertiary/aromatic N) is 4. The van der Waals surface area contributed by atoms with Gasteiger partial charge in [-0.25, -0.2) is 0 Å². The van der Waals surface area contributed by atoms with Gasteiger partial charge >= 0.3 is 0 Å². The maximum Gasteiger partial charge on any atom is 0.212 e. The Morgan fingerprint density at radius 1 is 1.47 bits per heavy atom. The molecule has 0 amide bonds. The van der Waals surface area contributed by atoms with Gasteiger partial charge in [0.1, 0.15) is 5.75 Å². The van der Waals surface area contributed by atoms with Crippen molar-refractivity contribution in [1.82, 2.24) is 20.2 Å². The summed E-state index contributed by atoms with van der Waals surface area (Å²) in [7, 11) is 1.71. The highest BCUT2D eigenvalue weighted by Gasteiger charge is 2.05. The number of rotatable bonds is 4. The highest BCUT2D eigenvalue weighted by molar-refractivity contribution is 9.10. The molecule has 17 heavy (non-hydrogen) atoms. The van der Waals surface area contributed by atoms with E-state index in [-0.39, 0.29) is 6.61 Å². The Labute approximate surface area is 107 Å². The first kappa shape index (κ1) is 12.0. The molecule has 1 aromatic heterocycles. The lowest BCUT2D eigenvalue weighted by atomic mass is 10.2. The Bertz CT molecular complexity index is 513. The molecule has 0 fully saturated rings. The van der Waals surface area contributed by atoms with Crippen LogP contribution in [0.4, 0.5) is 0 Å². The van der Waals surface area contributed by atoms with Crippen molar-refractivity contribution in [3.8, 4) is 5.75 Å². The van der Waals surface area contributed by atoms with Crippen LogP contribution in [0.5, 0.6) is 5.75 Å². The van der Waals surface area contributed by atoms with E-state index < -0.39 is 0 Å². The minimum Gasteiger partial charge on any atom is -0.484 e. The number of tetrazole rings is 1. The van der Waals surface area contributed by atoms with Crippen LogP contribution in [-0.4, -0.2) is 20.2 Å². The zero-order valence-electron chi connectivity index (χ0n) is 9.30. The van der Waals surface area contributed by atoms with Crippen molar-refractivity contribution >= 4 is 15.9 Å². The Morgan fingerprint density at radius 3 is 2.88 bits per heavy atom. The van der Waals surface area contributed by atoms with Crippen molar-refractivity contribution in [3.63, 3.8) is 0 Å². The Hall–Kier alpha value is -1.47. The summed E-state index contributed by atoms with van der Waals surface area (Å²) in [6.07, 6.45) is 0. The van der Waals surface area contributed by atoms with Crippen LogP contribution >= 0.6 is 15.9 Å². The van der Waals surface area contributed by atoms with Crippen molar-refractivity contribution in [2.45, 2.75) is 13.2 Å². The molecule has 0 radical (unpaired) electrons. The van der Waals surface area contributed by atoms with Gasteiger partial charge in [-0.3, -0.25) is 0 Å². The summed E-state index contributed by atoms with van der Waals surface area (Å²) < 4.78 is 6.43. The summed E-state index contributed by atoms with van der Waals surface area (Å²) >= 11 is 3.42. The molecule has 0 bridgehead atoms. The third-order valence-electron chi connectivity index (χ3n) is 2.14. The molecule has 0 spiro atoms. The monoisotopic (exact) mass is 297 g/mol. The summed E-state index contributed by atoms with van der Waals surface area (Å²) in [5.74, 6) is 1.27. The van der Waals surface area contributed by atoms with Crippen molar-refractivity contribution in [2.24, 2.45) is 12.8 Å². The van der Waals surface area contributed by atoms with E-state index in [0.717, 1.165) is 15.8 Å². The van der Waals surface area contributed by atoms with E-state index in [2.05, 4.69) is 31.3 Å². The Morgan fingerprint density at radius 2 is 2.29 bits per heavy atom. The summed E-state index contributed by atoms with van der Waals surface area (Å²) in [5.41, 5.74) is 6.59. The van der Waals surface area contributed by atoms with Gasteiger partial charge < -0.3 is 10.5 Å². The highest BCUT2D eigenvalue weighted by atomic mass is 79.9. The lowest BCUT2D eigenvalue weighted by molar-refractivity contribution is 0.293. The fourth-order valence-corrected chi connectivity index (χ4v) is 1.85. The molecule has 0 atom stereocenters. The van der Waals surface area contributed by atoms with E-state index in [9.17, 15) is 0 Å². The normalized spacial score (nSPS) is 10.5. The lowest BCUT2D eigenvalue weighted by Crippen LogP contribution is -2.01. The molecule has 2 rings (SSSR count). The Kier molecular flexibility index (Phi) is 3.70. The molecular formula is C10H12BrN5O. The fraction of sp³-hybridized carbons (Fsp3) is 0.300. The van der Waals surface area contributed by atoms with Gasteiger partial charge in [-0.2, -0.15) is 4.80 Å². The van der Waals surface area contributed by atoms with Crippen LogP contribution in [0.1, 0.15) is 11.4 Å². The van der Waals surface area contributed by atoms with Gasteiger partial charge in [0.15, 0.2) is 6.61 Å². The molecule has 0 aliphatic carbocycles. The second-order valence-electron chi connectivity index (χ2n) is 3.45. The first-order chi connectivity index (χ1) is 8.19. The number of nitrogens with two attached hydrogens (primary N) is 1. The molecule has 0 aliphatic rings. The number of benzene rings is 1. The standard InChI is InChI=1S/C10H12BrN5O/c1-16-14-10(13-15-16)6-17-9-3-2-7(5-12)4-8(9)11/h2-4H,5-6,12H2,1H3. The molecule has 7 heteroatoms. The number of hydrogen-bond donors (Lipinski definition) is 1. The quantitative estimate of drug-likeness (QED) is 0.911. The maximum atomic E-state index is 5.57. The third kappa shape index (κ3) is 3.01. The minimum absolute atomic E-state index is 0.286. The number of aromatic nitrogens is 4. The van der Waals surface area contributed by atoms with Gasteiger partial charge in [0.2, 0.25) is 5.82 Å². The summed E-state index contributed by atoms with van der Waals surface area (Å²) in [6, 6.07) is 5.71. The zero-order chi connectivity index (χ0) is 12.3. The van der Waals surface area contributed by atoms with E-state index in [0.29, 0.717) is 12.4 Å². The summed E-state index contributed by atoms with van der Waals surface area (Å²) in [5, 5.41) is 11.6. The topological polar surface area (TPSA) is 78.8 Å². The highest BCUT2D eigenvalue weighted by Crippen LogP contribution is 2.26. The first-order valence-corrected chi connectivity index (χ1v) is 5.82. The van der Waals surface area contributed by atoms with Crippen LogP contribution in [0.2, 0.25) is 0 Å². The maximum absolute atomic E-state index is 5.57. The predicted molar refractivity (Wildman–Crippen MR) is 65.2 cm³/mol. The van der Waals surface area contributed by atoms with Crippen LogP contribution < -0.4 is 10.5 Å². The summed E-state index contributed by atoms with van der Waals surface area (Å²) in [6.45, 7) is 0.791. The molecule has 1 heterocycles. The predicted octanol–water partition coefficient (Wildman–Crippen LogP) is 1.01. The Balaban J connectivity index is 2.04. The van der Waals surface area contributed by atoms with Gasteiger partial charge in [-0.05, 0) is 38.8 Å². The van der Waals surface area contributed by atoms with E-state index in [1.54, 1.807) is 7.05 Å². The summed E-state index contributed by atoms with van der Waals surface area (Å²) in [4.78, 5) is 1.39. The molecule has 2 aromatic rings. The van der Waals surface area contributed by atoms with Crippen molar-refractivity contribution in [2.75, 3.05) is 0 Å². The first-order valence-electron chi connectivity index (χ1n) is 5.03. The zero-order valence-corrected chi connectivity index (χ0v) is 10.9. The van der Waals surface area contributed by atoms with Gasteiger partial charge in [-0.1, -0.05) is 6.07 Å². The molecular weight excluding hydrogens is 286 g/mol. The van der Waals surface area contributed by atoms with Crippen LogP contribution in [0.3, 0.4) is 0 Å². The molecule has 0 aliphatic heterocycles. The molecule has 90 valence electrons. The van der Waals surface area contributed by atoms with Crippen LogP contribution in [0.15, 0.2) is 22.7 Å². The molecule has 2 N–H and O–H groups in total. The second kappa shape index (κ2) is 5.24.